The van der Waals surface area contributed by atoms with Gasteiger partial charge in [0.25, 0.3) is 5.69 Å². The molecule has 0 N–H and O–H groups in total. The lowest BCUT2D eigenvalue weighted by molar-refractivity contribution is -0.384. The van der Waals surface area contributed by atoms with E-state index in [1.54, 1.807) is 19.4 Å². The summed E-state index contributed by atoms with van der Waals surface area (Å²) in [6.45, 7) is 2.67. The molecule has 0 aromatic heterocycles. The van der Waals surface area contributed by atoms with E-state index in [1.807, 2.05) is 0 Å². The minimum Gasteiger partial charge on any atom is -0.456 e. The summed E-state index contributed by atoms with van der Waals surface area (Å²) in [4.78, 5) is 36.6. The monoisotopic (exact) mass is 438 g/mol. The molecule has 1 saturated heterocycles. The van der Waals surface area contributed by atoms with Crippen molar-refractivity contribution in [2.45, 2.75) is 25.0 Å². The second-order valence-electron chi connectivity index (χ2n) is 6.65. The number of ether oxygens (including phenoxy) is 4. The molecule has 30 heavy (non-hydrogen) atoms. The zero-order chi connectivity index (χ0) is 21.7. The highest BCUT2D eigenvalue weighted by atomic mass is 32.2. The summed E-state index contributed by atoms with van der Waals surface area (Å²) in [7, 11) is 1.58. The van der Waals surface area contributed by atoms with Gasteiger partial charge in [0.15, 0.2) is 0 Å². The van der Waals surface area contributed by atoms with Crippen LogP contribution in [0.1, 0.15) is 12.5 Å². The molecule has 162 valence electrons. The number of carbonyl (C=O) groups excluding carboxylic acids is 2. The summed E-state index contributed by atoms with van der Waals surface area (Å²) in [5.74, 6) is -1.20. The molecule has 10 nitrogen and oxygen atoms in total. The Kier molecular flexibility index (Phi) is 7.43. The van der Waals surface area contributed by atoms with Crippen LogP contribution < -0.4 is 0 Å². The topological polar surface area (TPSA) is 117 Å². The summed E-state index contributed by atoms with van der Waals surface area (Å²) < 4.78 is 21.0. The maximum atomic E-state index is 12.6. The van der Waals surface area contributed by atoms with Gasteiger partial charge in [-0.25, -0.2) is 4.79 Å². The number of esters is 1. The van der Waals surface area contributed by atoms with Crippen molar-refractivity contribution < 1.29 is 33.5 Å². The largest absolute Gasteiger partial charge is 0.456 e. The number of nitro groups is 1. The quantitative estimate of drug-likeness (QED) is 0.128. The molecule has 1 aromatic rings. The van der Waals surface area contributed by atoms with Gasteiger partial charge in [0.05, 0.1) is 30.2 Å². The number of hydrogen-bond acceptors (Lipinski definition) is 9. The van der Waals surface area contributed by atoms with Crippen molar-refractivity contribution in [1.29, 1.82) is 0 Å². The molecular formula is C19H22N2O8S. The van der Waals surface area contributed by atoms with Crippen LogP contribution in [0.3, 0.4) is 0 Å². The van der Waals surface area contributed by atoms with Gasteiger partial charge in [-0.2, -0.15) is 0 Å². The van der Waals surface area contributed by atoms with Gasteiger partial charge < -0.3 is 18.9 Å². The zero-order valence-electron chi connectivity index (χ0n) is 16.5. The third kappa shape index (κ3) is 4.81. The smallest absolute Gasteiger partial charge is 0.355 e. The minimum absolute atomic E-state index is 0.0412. The Bertz CT molecular complexity index is 828. The molecule has 1 aromatic carbocycles. The van der Waals surface area contributed by atoms with E-state index < -0.39 is 10.9 Å². The van der Waals surface area contributed by atoms with Crippen molar-refractivity contribution >= 4 is 29.3 Å². The number of methoxy groups -OCH3 is 1. The fraction of sp³-hybridized carbons (Fsp3) is 0.474. The summed E-state index contributed by atoms with van der Waals surface area (Å²) >= 11 is 1.37. The van der Waals surface area contributed by atoms with Crippen LogP contribution in [-0.4, -0.2) is 60.3 Å². The lowest BCUT2D eigenvalue weighted by Gasteiger charge is -2.44. The number of rotatable bonds is 11. The maximum Gasteiger partial charge on any atom is 0.355 e. The average Bonchev–Trinajstić information content (AvgIpc) is 3.11. The molecule has 0 aliphatic carbocycles. The van der Waals surface area contributed by atoms with E-state index >= 15 is 0 Å². The minimum atomic E-state index is -0.619. The van der Waals surface area contributed by atoms with Crippen molar-refractivity contribution in [3.05, 3.63) is 51.0 Å². The van der Waals surface area contributed by atoms with Crippen LogP contribution in [0.4, 0.5) is 5.69 Å². The van der Waals surface area contributed by atoms with E-state index in [9.17, 15) is 19.7 Å². The first-order valence-electron chi connectivity index (χ1n) is 9.21. The van der Waals surface area contributed by atoms with Crippen molar-refractivity contribution in [2.24, 2.45) is 5.92 Å². The van der Waals surface area contributed by atoms with Gasteiger partial charge in [-0.15, -0.1) is 11.8 Å². The number of amides is 1. The SMILES string of the molecule is COCCOCO[C@H](C)[C@H]1C(=O)N2C(C(=O)OCc3ccc([N+](=O)[O-])cc3)=CS[C@@H]12. The van der Waals surface area contributed by atoms with Crippen LogP contribution in [0.25, 0.3) is 0 Å². The third-order valence-electron chi connectivity index (χ3n) is 4.74. The summed E-state index contributed by atoms with van der Waals surface area (Å²) in [5.41, 5.74) is 0.761. The molecule has 2 aliphatic heterocycles. The fourth-order valence-corrected chi connectivity index (χ4v) is 4.38. The highest BCUT2D eigenvalue weighted by Crippen LogP contribution is 2.46. The lowest BCUT2D eigenvalue weighted by atomic mass is 9.92. The molecule has 0 radical (unpaired) electrons. The van der Waals surface area contributed by atoms with Crippen molar-refractivity contribution in [3.8, 4) is 0 Å². The van der Waals surface area contributed by atoms with Crippen molar-refractivity contribution in [2.75, 3.05) is 27.1 Å². The molecule has 0 saturated carbocycles. The number of nitrogens with zero attached hydrogens (tertiary/aromatic N) is 2. The van der Waals surface area contributed by atoms with Crippen LogP contribution in [0, 0.1) is 16.0 Å². The molecule has 2 aliphatic rings. The van der Waals surface area contributed by atoms with Gasteiger partial charge in [0.2, 0.25) is 5.91 Å². The Balaban J connectivity index is 1.47. The molecule has 1 fully saturated rings. The first-order chi connectivity index (χ1) is 14.4. The highest BCUT2D eigenvalue weighted by Gasteiger charge is 2.56. The fourth-order valence-electron chi connectivity index (χ4n) is 3.05. The molecule has 3 atom stereocenters. The van der Waals surface area contributed by atoms with E-state index in [2.05, 4.69) is 0 Å². The molecular weight excluding hydrogens is 416 g/mol. The van der Waals surface area contributed by atoms with E-state index in [0.717, 1.165) is 0 Å². The van der Waals surface area contributed by atoms with Crippen LogP contribution in [0.15, 0.2) is 35.4 Å². The number of benzene rings is 1. The Morgan fingerprint density at radius 3 is 2.70 bits per heavy atom. The lowest BCUT2D eigenvalue weighted by Crippen LogP contribution is -2.61. The number of non-ortho nitro benzene ring substituents is 1. The van der Waals surface area contributed by atoms with Crippen LogP contribution in [0.5, 0.6) is 0 Å². The second kappa shape index (κ2) is 10.0. The highest BCUT2D eigenvalue weighted by molar-refractivity contribution is 8.03. The maximum absolute atomic E-state index is 12.6. The normalized spacial score (nSPS) is 20.9. The van der Waals surface area contributed by atoms with E-state index in [4.69, 9.17) is 18.9 Å². The summed E-state index contributed by atoms with van der Waals surface area (Å²) in [6, 6.07) is 5.72. The summed E-state index contributed by atoms with van der Waals surface area (Å²) in [5, 5.41) is 12.1. The van der Waals surface area contributed by atoms with Gasteiger partial charge in [0, 0.05) is 24.7 Å². The number of hydrogen-bond donors (Lipinski definition) is 0. The van der Waals surface area contributed by atoms with E-state index in [0.29, 0.717) is 18.8 Å². The molecule has 11 heteroatoms. The molecule has 0 unspecified atom stereocenters. The molecule has 3 rings (SSSR count). The van der Waals surface area contributed by atoms with Crippen molar-refractivity contribution in [1.82, 2.24) is 4.90 Å². The van der Waals surface area contributed by atoms with Crippen LogP contribution >= 0.6 is 11.8 Å². The van der Waals surface area contributed by atoms with Gasteiger partial charge >= 0.3 is 5.97 Å². The number of carbonyl (C=O) groups is 2. The Morgan fingerprint density at radius 2 is 2.03 bits per heavy atom. The number of β-lactam (4-membered cyclic amide) rings is 1. The molecule has 0 bridgehead atoms. The predicted molar refractivity (Wildman–Crippen MR) is 106 cm³/mol. The number of thioether (sulfide) groups is 1. The van der Waals surface area contributed by atoms with Crippen LogP contribution in [0.2, 0.25) is 0 Å². The number of nitro benzene ring substituents is 1. The van der Waals surface area contributed by atoms with Gasteiger partial charge in [-0.3, -0.25) is 19.8 Å². The molecule has 2 heterocycles. The Hall–Kier alpha value is -2.47. The first kappa shape index (κ1) is 22.2. The molecule has 1 amide bonds. The zero-order valence-corrected chi connectivity index (χ0v) is 17.3. The van der Waals surface area contributed by atoms with Crippen LogP contribution in [-0.2, 0) is 35.1 Å². The van der Waals surface area contributed by atoms with E-state index in [-0.39, 0.29) is 48.1 Å². The average molecular weight is 438 g/mol. The van der Waals surface area contributed by atoms with Gasteiger partial charge in [-0.05, 0) is 24.6 Å². The second-order valence-corrected chi connectivity index (χ2v) is 7.64. The van der Waals surface area contributed by atoms with Gasteiger partial charge in [-0.1, -0.05) is 0 Å². The van der Waals surface area contributed by atoms with E-state index in [1.165, 1.54) is 40.9 Å². The first-order valence-corrected chi connectivity index (χ1v) is 10.2. The summed E-state index contributed by atoms with van der Waals surface area (Å²) in [6.07, 6.45) is -0.363. The Morgan fingerprint density at radius 1 is 1.30 bits per heavy atom. The Labute approximate surface area is 177 Å². The predicted octanol–water partition coefficient (Wildman–Crippen LogP) is 2.04. The standard InChI is InChI=1S/C19H22N2O8S/c1-12(29-11-27-8-7-26-2)16-17(22)20-15(10-30-18(16)20)19(23)28-9-13-3-5-14(6-4-13)21(24)25/h3-6,10,12,16,18H,7-9,11H2,1-2H3/t12-,16+,18+/m1/s1. The molecule has 0 spiro atoms. The van der Waals surface area contributed by atoms with Gasteiger partial charge in [0.1, 0.15) is 24.5 Å². The van der Waals surface area contributed by atoms with Crippen molar-refractivity contribution in [3.63, 3.8) is 0 Å². The third-order valence-corrected chi connectivity index (χ3v) is 5.88. The number of fused-ring (bicyclic) bond motifs is 1.